The van der Waals surface area contributed by atoms with Gasteiger partial charge in [0.1, 0.15) is 0 Å². The van der Waals surface area contributed by atoms with Crippen LogP contribution in [0.3, 0.4) is 0 Å². The van der Waals surface area contributed by atoms with E-state index in [9.17, 15) is 0 Å². The SMILES string of the molecule is C=CC/C=N\c1c(C)cccc1NC. The van der Waals surface area contributed by atoms with Crippen molar-refractivity contribution < 1.29 is 0 Å². The molecule has 1 rings (SSSR count). The van der Waals surface area contributed by atoms with E-state index in [0.717, 1.165) is 17.8 Å². The zero-order valence-electron chi connectivity index (χ0n) is 8.75. The largest absolute Gasteiger partial charge is 0.386 e. The average Bonchev–Trinajstić information content (AvgIpc) is 2.20. The number of hydrogen-bond donors (Lipinski definition) is 1. The first-order valence-electron chi connectivity index (χ1n) is 4.70. The highest BCUT2D eigenvalue weighted by Gasteiger charge is 2.00. The van der Waals surface area contributed by atoms with E-state index in [4.69, 9.17) is 0 Å². The van der Waals surface area contributed by atoms with Crippen molar-refractivity contribution in [1.82, 2.24) is 0 Å². The number of benzene rings is 1. The highest BCUT2D eigenvalue weighted by molar-refractivity contribution is 5.75. The summed E-state index contributed by atoms with van der Waals surface area (Å²) in [5.41, 5.74) is 3.25. The van der Waals surface area contributed by atoms with Gasteiger partial charge >= 0.3 is 0 Å². The summed E-state index contributed by atoms with van der Waals surface area (Å²) in [6.45, 7) is 5.71. The number of aryl methyl sites for hydroxylation is 1. The maximum atomic E-state index is 4.41. The monoisotopic (exact) mass is 188 g/mol. The molecule has 0 saturated heterocycles. The van der Waals surface area contributed by atoms with E-state index in [-0.39, 0.29) is 0 Å². The number of hydrogen-bond acceptors (Lipinski definition) is 2. The average molecular weight is 188 g/mol. The molecule has 0 bridgehead atoms. The van der Waals surface area contributed by atoms with Crippen LogP contribution in [0.25, 0.3) is 0 Å². The lowest BCUT2D eigenvalue weighted by Gasteiger charge is -2.06. The first-order chi connectivity index (χ1) is 6.79. The molecule has 74 valence electrons. The number of para-hydroxylation sites is 1. The summed E-state index contributed by atoms with van der Waals surface area (Å²) in [6, 6.07) is 6.10. The zero-order chi connectivity index (χ0) is 10.4. The molecule has 2 nitrogen and oxygen atoms in total. The fraction of sp³-hybridized carbons (Fsp3) is 0.250. The van der Waals surface area contributed by atoms with Crippen molar-refractivity contribution in [3.63, 3.8) is 0 Å². The summed E-state index contributed by atoms with van der Waals surface area (Å²) >= 11 is 0. The van der Waals surface area contributed by atoms with Crippen molar-refractivity contribution in [2.24, 2.45) is 4.99 Å². The molecule has 0 fully saturated rings. The highest BCUT2D eigenvalue weighted by Crippen LogP contribution is 2.27. The minimum Gasteiger partial charge on any atom is -0.386 e. The molecule has 2 heteroatoms. The molecular formula is C12H16N2. The molecule has 0 aliphatic carbocycles. The maximum absolute atomic E-state index is 4.41. The molecule has 0 amide bonds. The summed E-state index contributed by atoms with van der Waals surface area (Å²) in [7, 11) is 1.90. The van der Waals surface area contributed by atoms with Gasteiger partial charge in [0, 0.05) is 19.7 Å². The van der Waals surface area contributed by atoms with Crippen molar-refractivity contribution in [2.75, 3.05) is 12.4 Å². The van der Waals surface area contributed by atoms with Gasteiger partial charge in [-0.25, -0.2) is 0 Å². The molecule has 1 aromatic rings. The molecule has 0 aromatic heterocycles. The quantitative estimate of drug-likeness (QED) is 0.569. The lowest BCUT2D eigenvalue weighted by Crippen LogP contribution is -1.89. The Kier molecular flexibility index (Phi) is 3.92. The van der Waals surface area contributed by atoms with E-state index in [1.165, 1.54) is 5.56 Å². The second kappa shape index (κ2) is 5.22. The Hall–Kier alpha value is -1.57. The summed E-state index contributed by atoms with van der Waals surface area (Å²) in [6.07, 6.45) is 4.51. The predicted molar refractivity (Wildman–Crippen MR) is 63.7 cm³/mol. The first-order valence-corrected chi connectivity index (χ1v) is 4.70. The van der Waals surface area contributed by atoms with E-state index >= 15 is 0 Å². The fourth-order valence-corrected chi connectivity index (χ4v) is 1.25. The van der Waals surface area contributed by atoms with Gasteiger partial charge in [-0.3, -0.25) is 4.99 Å². The van der Waals surface area contributed by atoms with Gasteiger partial charge in [-0.15, -0.1) is 6.58 Å². The van der Waals surface area contributed by atoms with E-state index < -0.39 is 0 Å². The Morgan fingerprint density at radius 2 is 2.29 bits per heavy atom. The standard InChI is InChI=1S/C12H16N2/c1-4-5-9-14-12-10(2)7-6-8-11(12)13-3/h4,6-9,13H,1,5H2,2-3H3/b14-9-. The van der Waals surface area contributed by atoms with E-state index in [2.05, 4.69) is 29.9 Å². The Bertz CT molecular complexity index is 340. The zero-order valence-corrected chi connectivity index (χ0v) is 8.75. The second-order valence-electron chi connectivity index (χ2n) is 3.06. The van der Waals surface area contributed by atoms with Crippen LogP contribution in [0.1, 0.15) is 12.0 Å². The van der Waals surface area contributed by atoms with Crippen LogP contribution < -0.4 is 5.32 Å². The van der Waals surface area contributed by atoms with Gasteiger partial charge in [-0.05, 0) is 18.6 Å². The topological polar surface area (TPSA) is 24.4 Å². The molecule has 0 heterocycles. The molecule has 14 heavy (non-hydrogen) atoms. The van der Waals surface area contributed by atoms with Crippen LogP contribution in [0.5, 0.6) is 0 Å². The molecule has 0 atom stereocenters. The Morgan fingerprint density at radius 3 is 2.93 bits per heavy atom. The number of rotatable bonds is 4. The molecule has 0 saturated carbocycles. The van der Waals surface area contributed by atoms with Gasteiger partial charge in [0.05, 0.1) is 11.4 Å². The summed E-state index contributed by atoms with van der Waals surface area (Å²) < 4.78 is 0. The van der Waals surface area contributed by atoms with Gasteiger partial charge in [0.15, 0.2) is 0 Å². The maximum Gasteiger partial charge on any atom is 0.0886 e. The third kappa shape index (κ3) is 2.46. The minimum atomic E-state index is 0.803. The fourth-order valence-electron chi connectivity index (χ4n) is 1.25. The number of aliphatic imine (C=N–C) groups is 1. The third-order valence-corrected chi connectivity index (χ3v) is 2.00. The minimum absolute atomic E-state index is 0.803. The van der Waals surface area contributed by atoms with Crippen LogP contribution in [0.2, 0.25) is 0 Å². The Balaban J connectivity index is 2.98. The molecule has 0 aliphatic rings. The Labute approximate surface area is 85.4 Å². The summed E-state index contributed by atoms with van der Waals surface area (Å²) in [5, 5.41) is 3.12. The molecule has 0 radical (unpaired) electrons. The van der Waals surface area contributed by atoms with Crippen molar-refractivity contribution in [2.45, 2.75) is 13.3 Å². The number of allylic oxidation sites excluding steroid dienone is 1. The van der Waals surface area contributed by atoms with Crippen LogP contribution in [0, 0.1) is 6.92 Å². The molecule has 0 unspecified atom stereocenters. The molecule has 1 aromatic carbocycles. The Morgan fingerprint density at radius 1 is 1.50 bits per heavy atom. The van der Waals surface area contributed by atoms with Crippen LogP contribution in [0.4, 0.5) is 11.4 Å². The highest BCUT2D eigenvalue weighted by atomic mass is 14.9. The van der Waals surface area contributed by atoms with Crippen LogP contribution >= 0.6 is 0 Å². The lowest BCUT2D eigenvalue weighted by molar-refractivity contribution is 1.36. The van der Waals surface area contributed by atoms with Gasteiger partial charge in [-0.2, -0.15) is 0 Å². The van der Waals surface area contributed by atoms with Crippen LogP contribution in [-0.4, -0.2) is 13.3 Å². The molecule has 0 spiro atoms. The van der Waals surface area contributed by atoms with Crippen molar-refractivity contribution in [3.05, 3.63) is 36.4 Å². The molecular weight excluding hydrogens is 172 g/mol. The van der Waals surface area contributed by atoms with Gasteiger partial charge in [0.2, 0.25) is 0 Å². The van der Waals surface area contributed by atoms with E-state index in [0.29, 0.717) is 0 Å². The van der Waals surface area contributed by atoms with Crippen LogP contribution in [-0.2, 0) is 0 Å². The number of nitrogens with zero attached hydrogens (tertiary/aromatic N) is 1. The lowest BCUT2D eigenvalue weighted by atomic mass is 10.1. The second-order valence-corrected chi connectivity index (χ2v) is 3.06. The van der Waals surface area contributed by atoms with Crippen molar-refractivity contribution in [1.29, 1.82) is 0 Å². The van der Waals surface area contributed by atoms with Crippen molar-refractivity contribution in [3.8, 4) is 0 Å². The normalized spacial score (nSPS) is 10.4. The molecule has 0 aliphatic heterocycles. The first kappa shape index (κ1) is 10.5. The smallest absolute Gasteiger partial charge is 0.0886 e. The van der Waals surface area contributed by atoms with Crippen LogP contribution in [0.15, 0.2) is 35.8 Å². The van der Waals surface area contributed by atoms with Gasteiger partial charge < -0.3 is 5.32 Å². The predicted octanol–water partition coefficient (Wildman–Crippen LogP) is 3.32. The summed E-state index contributed by atoms with van der Waals surface area (Å²) in [4.78, 5) is 4.41. The third-order valence-electron chi connectivity index (χ3n) is 2.00. The van der Waals surface area contributed by atoms with Gasteiger partial charge in [0.25, 0.3) is 0 Å². The molecule has 1 N–H and O–H groups in total. The van der Waals surface area contributed by atoms with E-state index in [1.54, 1.807) is 0 Å². The number of anilines is 1. The summed E-state index contributed by atoms with van der Waals surface area (Å²) in [5.74, 6) is 0. The van der Waals surface area contributed by atoms with Crippen molar-refractivity contribution >= 4 is 17.6 Å². The van der Waals surface area contributed by atoms with E-state index in [1.807, 2.05) is 31.5 Å². The number of nitrogens with one attached hydrogen (secondary N) is 1. The van der Waals surface area contributed by atoms with Gasteiger partial charge in [-0.1, -0.05) is 18.2 Å².